The summed E-state index contributed by atoms with van der Waals surface area (Å²) >= 11 is 0. The van der Waals surface area contributed by atoms with E-state index in [0.717, 1.165) is 79.0 Å². The van der Waals surface area contributed by atoms with Gasteiger partial charge in [0.05, 0.1) is 36.2 Å². The van der Waals surface area contributed by atoms with Crippen LogP contribution in [0.1, 0.15) is 36.1 Å². The molecule has 0 amide bonds. The molecular formula is C57H52IrN4OSi-2. The molecule has 64 heavy (non-hydrogen) atoms. The van der Waals surface area contributed by atoms with Crippen LogP contribution < -0.4 is 5.19 Å². The molecule has 321 valence electrons. The van der Waals surface area contributed by atoms with E-state index in [1.807, 2.05) is 36.4 Å². The average molecular weight is 1030 g/mol. The number of hydrogen-bond acceptors (Lipinski definition) is 4. The number of nitrogens with zero attached hydrogens (tertiary/aromatic N) is 4. The fourth-order valence-electron chi connectivity index (χ4n) is 8.76. The molecule has 4 heterocycles. The molecule has 0 saturated carbocycles. The summed E-state index contributed by atoms with van der Waals surface area (Å²) in [5, 5.41) is 3.53. The van der Waals surface area contributed by atoms with Crippen molar-refractivity contribution >= 4 is 46.4 Å². The van der Waals surface area contributed by atoms with Crippen molar-refractivity contribution in [1.29, 1.82) is 0 Å². The fourth-order valence-corrected chi connectivity index (χ4v) is 10.3. The van der Waals surface area contributed by atoms with Gasteiger partial charge in [0.15, 0.2) is 0 Å². The normalized spacial score (nSPS) is 11.5. The van der Waals surface area contributed by atoms with Crippen LogP contribution in [0.5, 0.6) is 0 Å². The maximum absolute atomic E-state index is 6.63. The molecule has 5 nitrogen and oxygen atoms in total. The van der Waals surface area contributed by atoms with E-state index < -0.39 is 8.07 Å². The van der Waals surface area contributed by atoms with E-state index in [-0.39, 0.29) is 20.1 Å². The standard InChI is InChI=1S/C39H28N3O.C18H24NSi.Ir/c1-24-10-9-11-25(2)35(24)33-23-22-30-36-26(3)16-21-31(37(36)43-39(30)41-33)38-40-32-14-7-8-15-34(32)42(38)29-19-17-28(18-20-29)27-12-5-4-6-13-27;1-14(2)11-16-12-17(15-9-7-6-8-10-15)19-13-18(16)20(3,4)5;/h4-20,22-23H,1-3H3;6-9,12-14H,11H2,1-5H3;/q2*-1;. The molecule has 0 N–H and O–H groups in total. The van der Waals surface area contributed by atoms with Crippen LogP contribution in [0, 0.1) is 38.8 Å². The molecule has 10 aromatic rings. The van der Waals surface area contributed by atoms with Gasteiger partial charge in [-0.1, -0.05) is 136 Å². The van der Waals surface area contributed by atoms with Gasteiger partial charge in [-0.3, -0.25) is 4.98 Å². The van der Waals surface area contributed by atoms with Gasteiger partial charge in [-0.25, -0.2) is 4.98 Å². The Morgan fingerprint density at radius 1 is 0.688 bits per heavy atom. The minimum atomic E-state index is -1.34. The first-order valence-corrected chi connectivity index (χ1v) is 25.4. The fraction of sp³-hybridized carbons (Fsp3) is 0.175. The molecule has 0 atom stereocenters. The van der Waals surface area contributed by atoms with Gasteiger partial charge in [0.2, 0.25) is 5.71 Å². The Kier molecular flexibility index (Phi) is 12.8. The van der Waals surface area contributed by atoms with Crippen molar-refractivity contribution in [3.63, 3.8) is 0 Å². The summed E-state index contributed by atoms with van der Waals surface area (Å²) in [6.07, 6.45) is 3.24. The van der Waals surface area contributed by atoms with E-state index in [1.54, 1.807) is 0 Å². The van der Waals surface area contributed by atoms with Crippen molar-refractivity contribution in [3.8, 4) is 50.7 Å². The summed E-state index contributed by atoms with van der Waals surface area (Å²) in [4.78, 5) is 14.9. The SMILES string of the molecule is CC(C)Cc1cc(-c2[c-]cccc2)ncc1[Si](C)(C)C.Cc1cccc(C)c1-c1ccc2c(n1)oc1c(-c3nc4ccccc4n3-c3ccc(-c4ccccc4)cc3)[c-]cc(C)c12.[Ir]. The zero-order chi connectivity index (χ0) is 43.8. The average Bonchev–Trinajstić information content (AvgIpc) is 3.86. The second-order valence-corrected chi connectivity index (χ2v) is 23.0. The van der Waals surface area contributed by atoms with E-state index in [0.29, 0.717) is 11.6 Å². The Balaban J connectivity index is 0.000000225. The van der Waals surface area contributed by atoms with E-state index in [2.05, 4.69) is 191 Å². The Hall–Kier alpha value is -6.24. The van der Waals surface area contributed by atoms with Gasteiger partial charge in [-0.15, -0.1) is 53.6 Å². The topological polar surface area (TPSA) is 56.7 Å². The molecule has 0 unspecified atom stereocenters. The molecule has 0 bridgehead atoms. The Labute approximate surface area is 391 Å². The first-order valence-electron chi connectivity index (χ1n) is 21.9. The smallest absolute Gasteiger partial charge is 0.216 e. The minimum absolute atomic E-state index is 0. The van der Waals surface area contributed by atoms with E-state index in [1.165, 1.54) is 33.0 Å². The summed E-state index contributed by atoms with van der Waals surface area (Å²) in [6.45, 7) is 18.1. The molecule has 0 spiro atoms. The van der Waals surface area contributed by atoms with Crippen molar-refractivity contribution in [2.75, 3.05) is 0 Å². The number of rotatable bonds is 8. The van der Waals surface area contributed by atoms with Crippen LogP contribution >= 0.6 is 0 Å². The molecule has 0 fully saturated rings. The van der Waals surface area contributed by atoms with Gasteiger partial charge in [0.1, 0.15) is 0 Å². The van der Waals surface area contributed by atoms with Crippen LogP contribution in [0.3, 0.4) is 0 Å². The van der Waals surface area contributed by atoms with Crippen molar-refractivity contribution in [2.24, 2.45) is 5.92 Å². The summed E-state index contributed by atoms with van der Waals surface area (Å²) in [7, 11) is -1.34. The van der Waals surface area contributed by atoms with Crippen molar-refractivity contribution in [3.05, 3.63) is 186 Å². The third-order valence-corrected chi connectivity index (χ3v) is 13.8. The van der Waals surface area contributed by atoms with Gasteiger partial charge in [0, 0.05) is 42.9 Å². The second-order valence-electron chi connectivity index (χ2n) is 18.0. The van der Waals surface area contributed by atoms with Crippen LogP contribution in [0.15, 0.2) is 156 Å². The number of fused-ring (bicyclic) bond motifs is 4. The molecule has 0 aliphatic rings. The van der Waals surface area contributed by atoms with E-state index >= 15 is 0 Å². The van der Waals surface area contributed by atoms with Crippen LogP contribution in [0.2, 0.25) is 19.6 Å². The van der Waals surface area contributed by atoms with E-state index in [9.17, 15) is 0 Å². The predicted octanol–water partition coefficient (Wildman–Crippen LogP) is 14.3. The van der Waals surface area contributed by atoms with E-state index in [4.69, 9.17) is 14.4 Å². The summed E-state index contributed by atoms with van der Waals surface area (Å²) in [5.74, 6) is 1.45. The number of imidazole rings is 1. The predicted molar refractivity (Wildman–Crippen MR) is 266 cm³/mol. The van der Waals surface area contributed by atoms with Gasteiger partial charge in [-0.05, 0) is 95.7 Å². The second kappa shape index (κ2) is 18.5. The minimum Gasteiger partial charge on any atom is -0.486 e. The molecule has 7 heteroatoms. The maximum atomic E-state index is 6.63. The third-order valence-electron chi connectivity index (χ3n) is 11.8. The van der Waals surface area contributed by atoms with Crippen LogP contribution in [0.4, 0.5) is 0 Å². The molecule has 6 aromatic carbocycles. The van der Waals surface area contributed by atoms with Crippen molar-refractivity contribution in [1.82, 2.24) is 19.5 Å². The van der Waals surface area contributed by atoms with Crippen LogP contribution in [0.25, 0.3) is 83.8 Å². The number of furan rings is 1. The molecule has 4 aromatic heterocycles. The summed E-state index contributed by atoms with van der Waals surface area (Å²) in [6, 6.07) is 57.1. The first-order chi connectivity index (χ1) is 30.4. The maximum Gasteiger partial charge on any atom is 0.216 e. The summed E-state index contributed by atoms with van der Waals surface area (Å²) in [5.41, 5.74) is 16.7. The van der Waals surface area contributed by atoms with Gasteiger partial charge in [0.25, 0.3) is 0 Å². The van der Waals surface area contributed by atoms with Crippen molar-refractivity contribution in [2.45, 2.75) is 60.7 Å². The molecule has 10 rings (SSSR count). The third kappa shape index (κ3) is 8.81. The number of pyridine rings is 2. The number of benzene rings is 6. The molecule has 0 saturated heterocycles. The first kappa shape index (κ1) is 44.4. The largest absolute Gasteiger partial charge is 0.486 e. The van der Waals surface area contributed by atoms with Crippen LogP contribution in [-0.2, 0) is 26.5 Å². The van der Waals surface area contributed by atoms with Gasteiger partial charge in [-0.2, -0.15) is 0 Å². The van der Waals surface area contributed by atoms with Gasteiger partial charge < -0.3 is 14.0 Å². The quantitative estimate of drug-likeness (QED) is 0.112. The number of para-hydroxylation sites is 2. The van der Waals surface area contributed by atoms with Crippen molar-refractivity contribution < 1.29 is 24.5 Å². The monoisotopic (exact) mass is 1030 g/mol. The zero-order valence-electron chi connectivity index (χ0n) is 37.7. The Bertz CT molecular complexity index is 3220. The Morgan fingerprint density at radius 3 is 2.09 bits per heavy atom. The number of aromatic nitrogens is 4. The molecular weight excluding hydrogens is 977 g/mol. The van der Waals surface area contributed by atoms with Crippen LogP contribution in [-0.4, -0.2) is 27.6 Å². The van der Waals surface area contributed by atoms with Gasteiger partial charge >= 0.3 is 0 Å². The number of aryl methyl sites for hydroxylation is 3. The zero-order valence-corrected chi connectivity index (χ0v) is 41.1. The Morgan fingerprint density at radius 2 is 1.39 bits per heavy atom. The number of hydrogen-bond donors (Lipinski definition) is 0. The molecule has 0 aliphatic carbocycles. The molecule has 0 aliphatic heterocycles. The summed E-state index contributed by atoms with van der Waals surface area (Å²) < 4.78 is 8.83. The molecule has 1 radical (unpaired) electrons.